The van der Waals surface area contributed by atoms with Gasteiger partial charge in [-0.25, -0.2) is 13.1 Å². The maximum Gasteiger partial charge on any atom is 0.307 e. The molecule has 4 rings (SSSR count). The van der Waals surface area contributed by atoms with Crippen LogP contribution >= 0.6 is 22.7 Å². The highest BCUT2D eigenvalue weighted by Gasteiger charge is 2.23. The van der Waals surface area contributed by atoms with Gasteiger partial charge in [0.25, 0.3) is 0 Å². The second kappa shape index (κ2) is 7.59. The lowest BCUT2D eigenvalue weighted by molar-refractivity contribution is 0.554. The topological polar surface area (TPSA) is 81.1 Å². The smallest absolute Gasteiger partial charge is 0.302 e. The summed E-state index contributed by atoms with van der Waals surface area (Å²) in [6.07, 6.45) is 3.85. The van der Waals surface area contributed by atoms with Gasteiger partial charge in [0, 0.05) is 19.4 Å². The minimum absolute atomic E-state index is 0.122. The van der Waals surface area contributed by atoms with Crippen molar-refractivity contribution in [3.63, 3.8) is 0 Å². The molecule has 1 atom stereocenters. The largest absolute Gasteiger partial charge is 0.307 e. The summed E-state index contributed by atoms with van der Waals surface area (Å²) < 4.78 is 31.1. The number of aryl methyl sites for hydroxylation is 1. The maximum absolute atomic E-state index is 13.1. The molecule has 0 fully saturated rings. The second-order valence-electron chi connectivity index (χ2n) is 6.35. The van der Waals surface area contributed by atoms with Crippen molar-refractivity contribution >= 4 is 42.9 Å². The molecule has 1 N–H and O–H groups in total. The van der Waals surface area contributed by atoms with Crippen LogP contribution in [0.25, 0.3) is 10.2 Å². The van der Waals surface area contributed by atoms with Gasteiger partial charge in [0.2, 0.25) is 10.0 Å². The molecule has 4 aromatic rings. The fraction of sp³-hybridized carbons (Fsp3) is 0.158. The molecule has 9 heteroatoms. The van der Waals surface area contributed by atoms with Gasteiger partial charge in [-0.15, -0.1) is 0 Å². The zero-order chi connectivity index (χ0) is 19.7. The summed E-state index contributed by atoms with van der Waals surface area (Å²) in [5, 5.41) is 3.97. The van der Waals surface area contributed by atoms with E-state index in [1.807, 2.05) is 22.9 Å². The molecule has 0 amide bonds. The number of rotatable bonds is 6. The maximum atomic E-state index is 13.1. The third-order valence-corrected chi connectivity index (χ3v) is 7.67. The predicted molar refractivity (Wildman–Crippen MR) is 112 cm³/mol. The quantitative estimate of drug-likeness (QED) is 0.508. The van der Waals surface area contributed by atoms with E-state index in [1.54, 1.807) is 49.0 Å². The van der Waals surface area contributed by atoms with Crippen LogP contribution in [-0.4, -0.2) is 18.0 Å². The van der Waals surface area contributed by atoms with E-state index in [-0.39, 0.29) is 9.77 Å². The van der Waals surface area contributed by atoms with Crippen LogP contribution in [-0.2, 0) is 23.5 Å². The SMILES string of the molecule is Cn1c(=O)sc2cc(S(=O)(=O)N[C@@H](Cc3ccsc3)c3cccnc3)ccc21. The molecule has 28 heavy (non-hydrogen) atoms. The Kier molecular flexibility index (Phi) is 5.15. The predicted octanol–water partition coefficient (Wildman–Crippen LogP) is 3.32. The summed E-state index contributed by atoms with van der Waals surface area (Å²) in [5.41, 5.74) is 2.57. The molecule has 0 radical (unpaired) electrons. The normalized spacial score (nSPS) is 13.0. The number of nitrogens with zero attached hydrogens (tertiary/aromatic N) is 2. The lowest BCUT2D eigenvalue weighted by atomic mass is 10.0. The van der Waals surface area contributed by atoms with Crippen LogP contribution in [0.1, 0.15) is 17.2 Å². The molecule has 3 heterocycles. The monoisotopic (exact) mass is 431 g/mol. The molecule has 0 spiro atoms. The molecule has 0 aliphatic carbocycles. The molecule has 0 saturated carbocycles. The summed E-state index contributed by atoms with van der Waals surface area (Å²) in [6.45, 7) is 0. The van der Waals surface area contributed by atoms with Gasteiger partial charge in [-0.3, -0.25) is 9.78 Å². The molecule has 6 nitrogen and oxygen atoms in total. The van der Waals surface area contributed by atoms with Crippen molar-refractivity contribution in [1.29, 1.82) is 0 Å². The molecule has 0 aliphatic heterocycles. The minimum Gasteiger partial charge on any atom is -0.302 e. The van der Waals surface area contributed by atoms with Gasteiger partial charge in [-0.1, -0.05) is 17.4 Å². The van der Waals surface area contributed by atoms with Gasteiger partial charge in [0.05, 0.1) is 21.2 Å². The Morgan fingerprint density at radius 1 is 1.25 bits per heavy atom. The van der Waals surface area contributed by atoms with Gasteiger partial charge >= 0.3 is 4.87 Å². The van der Waals surface area contributed by atoms with Crippen LogP contribution in [0.3, 0.4) is 0 Å². The van der Waals surface area contributed by atoms with Crippen molar-refractivity contribution in [3.8, 4) is 0 Å². The van der Waals surface area contributed by atoms with Crippen LogP contribution in [0.4, 0.5) is 0 Å². The molecule has 0 saturated heterocycles. The summed E-state index contributed by atoms with van der Waals surface area (Å²) >= 11 is 2.61. The highest BCUT2D eigenvalue weighted by molar-refractivity contribution is 7.89. The third-order valence-electron chi connectivity index (χ3n) is 4.48. The average molecular weight is 432 g/mol. The molecule has 3 aromatic heterocycles. The number of sulfonamides is 1. The van der Waals surface area contributed by atoms with Crippen LogP contribution in [0.15, 0.2) is 69.2 Å². The Morgan fingerprint density at radius 3 is 2.82 bits per heavy atom. The van der Waals surface area contributed by atoms with E-state index in [9.17, 15) is 13.2 Å². The number of thiazole rings is 1. The van der Waals surface area contributed by atoms with E-state index in [0.29, 0.717) is 11.1 Å². The lowest BCUT2D eigenvalue weighted by Gasteiger charge is -2.18. The third kappa shape index (κ3) is 3.79. The lowest BCUT2D eigenvalue weighted by Crippen LogP contribution is -2.30. The molecule has 144 valence electrons. The number of benzene rings is 1. The van der Waals surface area contributed by atoms with E-state index >= 15 is 0 Å². The molecule has 0 unspecified atom stereocenters. The van der Waals surface area contributed by atoms with Crippen LogP contribution in [0.2, 0.25) is 0 Å². The second-order valence-corrected chi connectivity index (χ2v) is 9.84. The molecule has 0 aliphatic rings. The molecule has 1 aromatic carbocycles. The fourth-order valence-corrected chi connectivity index (χ4v) is 5.92. The van der Waals surface area contributed by atoms with Crippen LogP contribution in [0.5, 0.6) is 0 Å². The average Bonchev–Trinajstić information content (AvgIpc) is 3.30. The highest BCUT2D eigenvalue weighted by atomic mass is 32.2. The number of pyridine rings is 1. The van der Waals surface area contributed by atoms with Crippen molar-refractivity contribution in [2.75, 3.05) is 0 Å². The molecular formula is C19H17N3O3S3. The van der Waals surface area contributed by atoms with Gasteiger partial charge in [0.15, 0.2) is 0 Å². The van der Waals surface area contributed by atoms with Crippen molar-refractivity contribution in [2.45, 2.75) is 17.4 Å². The van der Waals surface area contributed by atoms with Crippen molar-refractivity contribution in [1.82, 2.24) is 14.3 Å². The Hall–Kier alpha value is -2.33. The van der Waals surface area contributed by atoms with E-state index in [1.165, 1.54) is 10.6 Å². The first-order chi connectivity index (χ1) is 13.4. The van der Waals surface area contributed by atoms with Gasteiger partial charge < -0.3 is 4.57 Å². The minimum atomic E-state index is -3.78. The van der Waals surface area contributed by atoms with Crippen molar-refractivity contribution in [2.24, 2.45) is 7.05 Å². The van der Waals surface area contributed by atoms with Gasteiger partial charge in [-0.05, 0) is 58.6 Å². The van der Waals surface area contributed by atoms with E-state index in [4.69, 9.17) is 0 Å². The first kappa shape index (κ1) is 19.0. The standard InChI is InChI=1S/C19H17N3O3S3/c1-22-17-5-4-15(10-18(17)27-19(22)23)28(24,25)21-16(9-13-6-8-26-12-13)14-3-2-7-20-11-14/h2-8,10-12,16,21H,9H2,1H3/t16-/m0/s1. The van der Waals surface area contributed by atoms with Gasteiger partial charge in [0.1, 0.15) is 0 Å². The number of hydrogen-bond donors (Lipinski definition) is 1. The number of thiophene rings is 1. The highest BCUT2D eigenvalue weighted by Crippen LogP contribution is 2.25. The van der Waals surface area contributed by atoms with Crippen LogP contribution in [0, 0.1) is 0 Å². The number of fused-ring (bicyclic) bond motifs is 1. The summed E-state index contributed by atoms with van der Waals surface area (Å²) in [7, 11) is -2.11. The zero-order valence-electron chi connectivity index (χ0n) is 14.9. The van der Waals surface area contributed by atoms with E-state index in [0.717, 1.165) is 28.0 Å². The zero-order valence-corrected chi connectivity index (χ0v) is 17.4. The number of hydrogen-bond acceptors (Lipinski definition) is 6. The summed E-state index contributed by atoms with van der Waals surface area (Å²) in [4.78, 5) is 16.0. The van der Waals surface area contributed by atoms with E-state index < -0.39 is 16.1 Å². The van der Waals surface area contributed by atoms with Gasteiger partial charge in [-0.2, -0.15) is 11.3 Å². The fourth-order valence-electron chi connectivity index (χ4n) is 2.99. The van der Waals surface area contributed by atoms with Crippen molar-refractivity contribution in [3.05, 3.63) is 80.3 Å². The van der Waals surface area contributed by atoms with E-state index in [2.05, 4.69) is 9.71 Å². The number of nitrogens with one attached hydrogen (secondary N) is 1. The Morgan fingerprint density at radius 2 is 2.11 bits per heavy atom. The number of aromatic nitrogens is 2. The summed E-state index contributed by atoms with van der Waals surface area (Å²) in [6, 6.07) is 9.93. The summed E-state index contributed by atoms with van der Waals surface area (Å²) in [5.74, 6) is 0. The Labute approximate surface area is 170 Å². The molecule has 0 bridgehead atoms. The Balaban J connectivity index is 1.69. The first-order valence-electron chi connectivity index (χ1n) is 8.47. The van der Waals surface area contributed by atoms with Crippen molar-refractivity contribution < 1.29 is 8.42 Å². The Bertz CT molecular complexity index is 1260. The van der Waals surface area contributed by atoms with Crippen LogP contribution < -0.4 is 9.60 Å². The molecular weight excluding hydrogens is 414 g/mol. The first-order valence-corrected chi connectivity index (χ1v) is 11.7.